The Morgan fingerprint density at radius 3 is 2.69 bits per heavy atom. The first-order valence-corrected chi connectivity index (χ1v) is 5.27. The van der Waals surface area contributed by atoms with Gasteiger partial charge in [0, 0.05) is 24.1 Å². The molecule has 16 heavy (non-hydrogen) atoms. The Hall–Kier alpha value is -1.95. The number of rotatable bonds is 2. The molecule has 0 saturated heterocycles. The minimum absolute atomic E-state index is 0.551. The fraction of sp³-hybridized carbons (Fsp3) is 0.308. The highest BCUT2D eigenvalue weighted by Gasteiger charge is 2.18. The van der Waals surface area contributed by atoms with Crippen LogP contribution in [0.3, 0.4) is 0 Å². The molecular weight excluding hydrogens is 198 g/mol. The molecule has 0 radical (unpaired) electrons. The van der Waals surface area contributed by atoms with Gasteiger partial charge in [-0.25, -0.2) is 0 Å². The van der Waals surface area contributed by atoms with Crippen LogP contribution >= 0.6 is 0 Å². The lowest BCUT2D eigenvalue weighted by molar-refractivity contribution is 0.729. The lowest BCUT2D eigenvalue weighted by Crippen LogP contribution is -2.28. The van der Waals surface area contributed by atoms with Crippen LogP contribution in [0.2, 0.25) is 0 Å². The van der Waals surface area contributed by atoms with Gasteiger partial charge in [0.05, 0.1) is 11.8 Å². The molecule has 82 valence electrons. The molecule has 3 nitrogen and oxygen atoms in total. The predicted octanol–water partition coefficient (Wildman–Crippen LogP) is 2.89. The first kappa shape index (κ1) is 10.6. The number of fused-ring (bicyclic) bond motifs is 1. The van der Waals surface area contributed by atoms with E-state index in [0.29, 0.717) is 0 Å². The first-order valence-electron chi connectivity index (χ1n) is 5.27. The van der Waals surface area contributed by atoms with E-state index in [1.165, 1.54) is 5.52 Å². The molecule has 1 aromatic heterocycles. The van der Waals surface area contributed by atoms with E-state index in [0.717, 1.165) is 11.1 Å². The van der Waals surface area contributed by atoms with Gasteiger partial charge in [0.15, 0.2) is 0 Å². The van der Waals surface area contributed by atoms with E-state index in [2.05, 4.69) is 28.1 Å². The molecule has 2 aromatic rings. The molecule has 0 aliphatic heterocycles. The van der Waals surface area contributed by atoms with E-state index in [-0.39, 0.29) is 0 Å². The van der Waals surface area contributed by atoms with Crippen molar-refractivity contribution in [2.24, 2.45) is 7.05 Å². The van der Waals surface area contributed by atoms with Gasteiger partial charge < -0.3 is 9.88 Å². The Balaban J connectivity index is 2.51. The molecule has 0 aliphatic rings. The second-order valence-electron chi connectivity index (χ2n) is 4.53. The number of aromatic nitrogens is 1. The number of nitrogens with one attached hydrogen (secondary N) is 1. The zero-order valence-corrected chi connectivity index (χ0v) is 9.78. The van der Waals surface area contributed by atoms with E-state index >= 15 is 0 Å². The van der Waals surface area contributed by atoms with Crippen LogP contribution < -0.4 is 5.32 Å². The van der Waals surface area contributed by atoms with Crippen molar-refractivity contribution in [2.75, 3.05) is 5.32 Å². The Kier molecular flexibility index (Phi) is 2.35. The molecule has 0 saturated carbocycles. The second-order valence-corrected chi connectivity index (χ2v) is 4.53. The maximum atomic E-state index is 9.01. The van der Waals surface area contributed by atoms with E-state index in [9.17, 15) is 0 Å². The van der Waals surface area contributed by atoms with Gasteiger partial charge in [-0.3, -0.25) is 0 Å². The third-order valence-electron chi connectivity index (χ3n) is 2.62. The molecule has 0 amide bonds. The SMILES string of the molecule is Cn1cc(NC(C)(C)C#N)c2ccccc21. The summed E-state index contributed by atoms with van der Waals surface area (Å²) in [7, 11) is 2.01. The van der Waals surface area contributed by atoms with Crippen molar-refractivity contribution in [2.45, 2.75) is 19.4 Å². The van der Waals surface area contributed by atoms with Gasteiger partial charge in [-0.1, -0.05) is 18.2 Å². The molecule has 1 aromatic carbocycles. The molecule has 3 heteroatoms. The summed E-state index contributed by atoms with van der Waals surface area (Å²) in [5, 5.41) is 13.4. The Morgan fingerprint density at radius 1 is 1.31 bits per heavy atom. The van der Waals surface area contributed by atoms with Gasteiger partial charge in [0.2, 0.25) is 0 Å². The zero-order valence-electron chi connectivity index (χ0n) is 9.78. The predicted molar refractivity (Wildman–Crippen MR) is 66.2 cm³/mol. The average Bonchev–Trinajstić information content (AvgIpc) is 2.56. The fourth-order valence-electron chi connectivity index (χ4n) is 1.81. The number of nitrogens with zero attached hydrogens (tertiary/aromatic N) is 2. The number of benzene rings is 1. The number of anilines is 1. The summed E-state index contributed by atoms with van der Waals surface area (Å²) in [6.45, 7) is 3.74. The van der Waals surface area contributed by atoms with Gasteiger partial charge in [0.25, 0.3) is 0 Å². The maximum absolute atomic E-state index is 9.01. The lowest BCUT2D eigenvalue weighted by Gasteiger charge is -2.18. The number of aryl methyl sites for hydroxylation is 1. The van der Waals surface area contributed by atoms with Crippen molar-refractivity contribution in [1.29, 1.82) is 5.26 Å². The summed E-state index contributed by atoms with van der Waals surface area (Å²) in [6, 6.07) is 10.4. The normalized spacial score (nSPS) is 11.4. The van der Waals surface area contributed by atoms with Crippen molar-refractivity contribution < 1.29 is 0 Å². The summed E-state index contributed by atoms with van der Waals surface area (Å²) in [5.41, 5.74) is 1.62. The third kappa shape index (κ3) is 1.74. The smallest absolute Gasteiger partial charge is 0.119 e. The summed E-state index contributed by atoms with van der Waals surface area (Å²) in [4.78, 5) is 0. The molecule has 0 fully saturated rings. The van der Waals surface area contributed by atoms with Crippen molar-refractivity contribution in [3.63, 3.8) is 0 Å². The monoisotopic (exact) mass is 213 g/mol. The molecule has 1 heterocycles. The van der Waals surface area contributed by atoms with Gasteiger partial charge in [0.1, 0.15) is 5.54 Å². The van der Waals surface area contributed by atoms with Crippen molar-refractivity contribution in [3.05, 3.63) is 30.5 Å². The second kappa shape index (κ2) is 3.57. The minimum atomic E-state index is -0.551. The number of para-hydroxylation sites is 1. The topological polar surface area (TPSA) is 40.8 Å². The van der Waals surface area contributed by atoms with Gasteiger partial charge in [-0.15, -0.1) is 0 Å². The van der Waals surface area contributed by atoms with Gasteiger partial charge in [-0.05, 0) is 19.9 Å². The van der Waals surface area contributed by atoms with E-state index < -0.39 is 5.54 Å². The van der Waals surface area contributed by atoms with Crippen LogP contribution in [0.4, 0.5) is 5.69 Å². The van der Waals surface area contributed by atoms with Crippen LogP contribution in [0.5, 0.6) is 0 Å². The quantitative estimate of drug-likeness (QED) is 0.833. The Bertz CT molecular complexity index is 558. The van der Waals surface area contributed by atoms with E-state index in [4.69, 9.17) is 5.26 Å². The molecule has 0 unspecified atom stereocenters. The molecule has 1 N–H and O–H groups in total. The molecule has 0 bridgehead atoms. The Morgan fingerprint density at radius 2 is 2.00 bits per heavy atom. The largest absolute Gasteiger partial charge is 0.366 e. The molecular formula is C13H15N3. The van der Waals surface area contributed by atoms with Crippen molar-refractivity contribution >= 4 is 16.6 Å². The number of nitriles is 1. The average molecular weight is 213 g/mol. The van der Waals surface area contributed by atoms with Crippen molar-refractivity contribution in [3.8, 4) is 6.07 Å². The maximum Gasteiger partial charge on any atom is 0.119 e. The molecule has 0 spiro atoms. The standard InChI is InChI=1S/C13H15N3/c1-13(2,9-14)15-11-8-16(3)12-7-5-4-6-10(11)12/h4-8,15H,1-3H3. The summed E-state index contributed by atoms with van der Waals surface area (Å²) >= 11 is 0. The number of hydrogen-bond donors (Lipinski definition) is 1. The molecule has 0 atom stereocenters. The van der Waals surface area contributed by atoms with Crippen LogP contribution in [0.1, 0.15) is 13.8 Å². The zero-order chi connectivity index (χ0) is 11.8. The van der Waals surface area contributed by atoms with E-state index in [1.807, 2.05) is 39.2 Å². The summed E-state index contributed by atoms with van der Waals surface area (Å²) in [5.74, 6) is 0. The highest BCUT2D eigenvalue weighted by atomic mass is 15.0. The Labute approximate surface area is 95.3 Å². The van der Waals surface area contributed by atoms with Crippen LogP contribution in [0, 0.1) is 11.3 Å². The van der Waals surface area contributed by atoms with Crippen LogP contribution in [0.15, 0.2) is 30.5 Å². The van der Waals surface area contributed by atoms with Gasteiger partial charge >= 0.3 is 0 Å². The first-order chi connectivity index (χ1) is 7.53. The van der Waals surface area contributed by atoms with Crippen LogP contribution in [0.25, 0.3) is 10.9 Å². The van der Waals surface area contributed by atoms with E-state index in [1.54, 1.807) is 0 Å². The third-order valence-corrected chi connectivity index (χ3v) is 2.62. The highest BCUT2D eigenvalue weighted by Crippen LogP contribution is 2.27. The minimum Gasteiger partial charge on any atom is -0.366 e. The number of hydrogen-bond acceptors (Lipinski definition) is 2. The summed E-state index contributed by atoms with van der Waals surface area (Å²) in [6.07, 6.45) is 2.02. The fourth-order valence-corrected chi connectivity index (χ4v) is 1.81. The lowest BCUT2D eigenvalue weighted by atomic mass is 10.1. The van der Waals surface area contributed by atoms with Crippen LogP contribution in [-0.2, 0) is 7.05 Å². The van der Waals surface area contributed by atoms with Crippen molar-refractivity contribution in [1.82, 2.24) is 4.57 Å². The van der Waals surface area contributed by atoms with Gasteiger partial charge in [-0.2, -0.15) is 5.26 Å². The molecule has 2 rings (SSSR count). The molecule has 0 aliphatic carbocycles. The summed E-state index contributed by atoms with van der Waals surface area (Å²) < 4.78 is 2.06. The highest BCUT2D eigenvalue weighted by molar-refractivity contribution is 5.93. The van der Waals surface area contributed by atoms with Crippen LogP contribution in [-0.4, -0.2) is 10.1 Å².